The zero-order valence-corrected chi connectivity index (χ0v) is 13.9. The molecule has 1 aliphatic heterocycles. The molecular formula is C11H22IN3O2S. The van der Waals surface area contributed by atoms with Crippen LogP contribution in [0.2, 0.25) is 0 Å². The van der Waals surface area contributed by atoms with Crippen LogP contribution in [0, 0.1) is 0 Å². The van der Waals surface area contributed by atoms with Crippen molar-refractivity contribution in [2.24, 2.45) is 10.7 Å². The van der Waals surface area contributed by atoms with Crippen LogP contribution in [0.25, 0.3) is 0 Å². The summed E-state index contributed by atoms with van der Waals surface area (Å²) in [5.41, 5.74) is 5.96. The van der Waals surface area contributed by atoms with E-state index < -0.39 is 10.8 Å². The predicted molar refractivity (Wildman–Crippen MR) is 84.9 cm³/mol. The molecule has 1 aliphatic carbocycles. The minimum atomic E-state index is -0.809. The number of rotatable bonds is 3. The third kappa shape index (κ3) is 3.57. The first-order chi connectivity index (χ1) is 8.14. The van der Waals surface area contributed by atoms with Crippen molar-refractivity contribution < 1.29 is 8.95 Å². The van der Waals surface area contributed by atoms with Crippen molar-refractivity contribution in [3.8, 4) is 0 Å². The molecule has 18 heavy (non-hydrogen) atoms. The van der Waals surface area contributed by atoms with Gasteiger partial charge in [-0.15, -0.1) is 24.0 Å². The molecule has 2 rings (SSSR count). The summed E-state index contributed by atoms with van der Waals surface area (Å²) in [7, 11) is -0.809. The van der Waals surface area contributed by atoms with Crippen molar-refractivity contribution in [2.45, 2.75) is 24.0 Å². The third-order valence-corrected chi connectivity index (χ3v) is 5.50. The molecule has 1 saturated carbocycles. The monoisotopic (exact) mass is 387 g/mol. The highest BCUT2D eigenvalue weighted by molar-refractivity contribution is 14.0. The van der Waals surface area contributed by atoms with Crippen molar-refractivity contribution in [3.05, 3.63) is 0 Å². The standard InChI is InChI=1S/C11H21N3O2S.HI/c1-17(15)11(3-2-4-11)9-13-10(12)14-5-7-16-8-6-14;/h2-9H2,1H3,(H2,12,13);1H. The SMILES string of the molecule is CS(=O)C1(CN=C(N)N2CCOCC2)CCC1.I. The van der Waals surface area contributed by atoms with Gasteiger partial charge >= 0.3 is 0 Å². The Labute approximate surface area is 128 Å². The molecule has 1 saturated heterocycles. The summed E-state index contributed by atoms with van der Waals surface area (Å²) in [6.07, 6.45) is 4.96. The molecule has 1 heterocycles. The number of nitrogens with two attached hydrogens (primary N) is 1. The zero-order valence-electron chi connectivity index (χ0n) is 10.8. The molecule has 1 unspecified atom stereocenters. The summed E-state index contributed by atoms with van der Waals surface area (Å²) in [5.74, 6) is 0.574. The molecule has 0 aromatic carbocycles. The molecule has 106 valence electrons. The Morgan fingerprint density at radius 2 is 2.06 bits per heavy atom. The molecule has 0 bridgehead atoms. The number of guanidine groups is 1. The maximum absolute atomic E-state index is 11.7. The number of morpholine rings is 1. The first-order valence-electron chi connectivity index (χ1n) is 6.10. The molecule has 2 N–H and O–H groups in total. The van der Waals surface area contributed by atoms with E-state index in [9.17, 15) is 4.21 Å². The van der Waals surface area contributed by atoms with E-state index in [-0.39, 0.29) is 28.7 Å². The van der Waals surface area contributed by atoms with Crippen LogP contribution in [0.5, 0.6) is 0 Å². The van der Waals surface area contributed by atoms with E-state index in [0.29, 0.717) is 25.7 Å². The van der Waals surface area contributed by atoms with Crippen molar-refractivity contribution >= 4 is 40.7 Å². The maximum Gasteiger partial charge on any atom is 0.191 e. The molecule has 0 radical (unpaired) electrons. The molecule has 1 atom stereocenters. The minimum absolute atomic E-state index is 0. The van der Waals surface area contributed by atoms with Crippen LogP contribution < -0.4 is 5.73 Å². The van der Waals surface area contributed by atoms with Gasteiger partial charge < -0.3 is 15.4 Å². The van der Waals surface area contributed by atoms with Gasteiger partial charge in [0, 0.05) is 30.1 Å². The second-order valence-electron chi connectivity index (χ2n) is 4.76. The van der Waals surface area contributed by atoms with Crippen molar-refractivity contribution in [1.82, 2.24) is 4.90 Å². The topological polar surface area (TPSA) is 67.9 Å². The van der Waals surface area contributed by atoms with Crippen LogP contribution >= 0.6 is 24.0 Å². The van der Waals surface area contributed by atoms with Crippen molar-refractivity contribution in [3.63, 3.8) is 0 Å². The van der Waals surface area contributed by atoms with Gasteiger partial charge in [0.25, 0.3) is 0 Å². The van der Waals surface area contributed by atoms with E-state index in [1.807, 2.05) is 4.90 Å². The van der Waals surface area contributed by atoms with Crippen LogP contribution in [0.15, 0.2) is 4.99 Å². The number of aliphatic imine (C=N–C) groups is 1. The van der Waals surface area contributed by atoms with Gasteiger partial charge in [-0.05, 0) is 12.8 Å². The van der Waals surface area contributed by atoms with Gasteiger partial charge in [0.1, 0.15) is 0 Å². The Morgan fingerprint density at radius 3 is 2.50 bits per heavy atom. The van der Waals surface area contributed by atoms with Gasteiger partial charge in [-0.1, -0.05) is 6.42 Å². The largest absolute Gasteiger partial charge is 0.378 e. The van der Waals surface area contributed by atoms with Crippen LogP contribution in [0.4, 0.5) is 0 Å². The molecule has 2 aliphatic rings. The molecule has 5 nitrogen and oxygen atoms in total. The lowest BCUT2D eigenvalue weighted by Gasteiger charge is -2.38. The fourth-order valence-electron chi connectivity index (χ4n) is 2.23. The average Bonchev–Trinajstić information content (AvgIpc) is 2.28. The molecule has 2 fully saturated rings. The fraction of sp³-hybridized carbons (Fsp3) is 0.909. The lowest BCUT2D eigenvalue weighted by Crippen LogP contribution is -2.48. The Morgan fingerprint density at radius 1 is 1.44 bits per heavy atom. The minimum Gasteiger partial charge on any atom is -0.378 e. The summed E-state index contributed by atoms with van der Waals surface area (Å²) < 4.78 is 16.9. The van der Waals surface area contributed by atoms with E-state index in [1.165, 1.54) is 0 Å². The van der Waals surface area contributed by atoms with E-state index in [2.05, 4.69) is 4.99 Å². The van der Waals surface area contributed by atoms with Crippen LogP contribution in [-0.4, -0.2) is 58.9 Å². The smallest absolute Gasteiger partial charge is 0.191 e. The first-order valence-corrected chi connectivity index (χ1v) is 7.66. The summed E-state index contributed by atoms with van der Waals surface area (Å²) in [4.78, 5) is 6.47. The van der Waals surface area contributed by atoms with Gasteiger partial charge in [-0.25, -0.2) is 0 Å². The average molecular weight is 387 g/mol. The van der Waals surface area contributed by atoms with Crippen LogP contribution in [-0.2, 0) is 15.5 Å². The van der Waals surface area contributed by atoms with Crippen LogP contribution in [0.1, 0.15) is 19.3 Å². The molecule has 7 heteroatoms. The molecular weight excluding hydrogens is 365 g/mol. The van der Waals surface area contributed by atoms with Gasteiger partial charge in [0.15, 0.2) is 5.96 Å². The summed E-state index contributed by atoms with van der Waals surface area (Å²) in [6.45, 7) is 3.62. The van der Waals surface area contributed by atoms with Gasteiger partial charge in [0.2, 0.25) is 0 Å². The molecule has 0 spiro atoms. The highest BCUT2D eigenvalue weighted by atomic mass is 127. The van der Waals surface area contributed by atoms with Crippen LogP contribution in [0.3, 0.4) is 0 Å². The molecule has 0 amide bonds. The highest BCUT2D eigenvalue weighted by Crippen LogP contribution is 2.37. The number of hydrogen-bond donors (Lipinski definition) is 1. The Kier molecular flexibility index (Phi) is 6.32. The van der Waals surface area contributed by atoms with E-state index >= 15 is 0 Å². The number of halogens is 1. The van der Waals surface area contributed by atoms with Gasteiger partial charge in [0.05, 0.1) is 24.5 Å². The second kappa shape index (κ2) is 7.04. The molecule has 0 aromatic rings. The Bertz CT molecular complexity index is 328. The number of hydrogen-bond acceptors (Lipinski definition) is 3. The fourth-order valence-corrected chi connectivity index (χ4v) is 3.34. The Balaban J connectivity index is 0.00000162. The molecule has 0 aromatic heterocycles. The van der Waals surface area contributed by atoms with Crippen molar-refractivity contribution in [2.75, 3.05) is 39.1 Å². The number of nitrogens with zero attached hydrogens (tertiary/aromatic N) is 2. The summed E-state index contributed by atoms with van der Waals surface area (Å²) in [5, 5.41) is 0. The predicted octanol–water partition coefficient (Wildman–Crippen LogP) is 0.552. The quantitative estimate of drug-likeness (QED) is 0.437. The second-order valence-corrected chi connectivity index (χ2v) is 6.54. The Hall–Kier alpha value is 0.110. The summed E-state index contributed by atoms with van der Waals surface area (Å²) >= 11 is 0. The van der Waals surface area contributed by atoms with Gasteiger partial charge in [-0.3, -0.25) is 9.20 Å². The van der Waals surface area contributed by atoms with E-state index in [4.69, 9.17) is 10.5 Å². The lowest BCUT2D eigenvalue weighted by atomic mass is 9.84. The maximum atomic E-state index is 11.7. The van der Waals surface area contributed by atoms with Gasteiger partial charge in [-0.2, -0.15) is 0 Å². The van der Waals surface area contributed by atoms with E-state index in [1.54, 1.807) is 6.26 Å². The highest BCUT2D eigenvalue weighted by Gasteiger charge is 2.40. The van der Waals surface area contributed by atoms with Crippen molar-refractivity contribution in [1.29, 1.82) is 0 Å². The van der Waals surface area contributed by atoms with E-state index in [0.717, 1.165) is 32.4 Å². The third-order valence-electron chi connectivity index (χ3n) is 3.74. The first kappa shape index (κ1) is 16.2. The zero-order chi connectivity index (χ0) is 12.3. The lowest BCUT2D eigenvalue weighted by molar-refractivity contribution is 0.0673. The normalized spacial score (nSPS) is 24.9. The summed E-state index contributed by atoms with van der Waals surface area (Å²) in [6, 6.07) is 0. The number of ether oxygens (including phenoxy) is 1.